The van der Waals surface area contributed by atoms with Gasteiger partial charge in [-0.2, -0.15) is 5.10 Å². The maximum absolute atomic E-state index is 4.21. The predicted molar refractivity (Wildman–Crippen MR) is 74.5 cm³/mol. The van der Waals surface area contributed by atoms with E-state index in [1.807, 2.05) is 25.0 Å². The Hall–Kier alpha value is -1.61. The lowest BCUT2D eigenvalue weighted by Gasteiger charge is -2.18. The number of aryl methyl sites for hydroxylation is 3. The van der Waals surface area contributed by atoms with Gasteiger partial charge in [-0.3, -0.25) is 4.68 Å². The molecule has 3 heteroatoms. The molecule has 0 spiro atoms. The van der Waals surface area contributed by atoms with E-state index in [0.717, 1.165) is 12.8 Å². The zero-order valence-electron chi connectivity index (χ0n) is 11.4. The maximum Gasteiger partial charge on any atom is 0.0521 e. The van der Waals surface area contributed by atoms with Gasteiger partial charge in [0.05, 0.1) is 6.20 Å². The smallest absolute Gasteiger partial charge is 0.0521 e. The second-order valence-electron chi connectivity index (χ2n) is 4.76. The fraction of sp³-hybridized carbons (Fsp3) is 0.400. The Morgan fingerprint density at radius 3 is 2.72 bits per heavy atom. The normalized spacial score (nSPS) is 12.6. The van der Waals surface area contributed by atoms with Crippen molar-refractivity contribution in [2.45, 2.75) is 25.8 Å². The van der Waals surface area contributed by atoms with Gasteiger partial charge in [-0.05, 0) is 43.5 Å². The molecular weight excluding hydrogens is 222 g/mol. The number of rotatable bonds is 5. The van der Waals surface area contributed by atoms with E-state index >= 15 is 0 Å². The van der Waals surface area contributed by atoms with E-state index in [2.05, 4.69) is 47.8 Å². The summed E-state index contributed by atoms with van der Waals surface area (Å²) in [4.78, 5) is 0. The highest BCUT2D eigenvalue weighted by atomic mass is 15.2. The minimum atomic E-state index is 0.409. The van der Waals surface area contributed by atoms with E-state index in [1.165, 1.54) is 16.7 Å². The van der Waals surface area contributed by atoms with Crippen LogP contribution in [-0.2, 0) is 13.5 Å². The molecule has 0 aliphatic heterocycles. The Labute approximate surface area is 109 Å². The van der Waals surface area contributed by atoms with Crippen molar-refractivity contribution in [2.24, 2.45) is 7.05 Å². The van der Waals surface area contributed by atoms with Crippen molar-refractivity contribution in [1.29, 1.82) is 0 Å². The van der Waals surface area contributed by atoms with Crippen molar-refractivity contribution >= 4 is 0 Å². The van der Waals surface area contributed by atoms with Gasteiger partial charge in [-0.25, -0.2) is 0 Å². The molecule has 0 radical (unpaired) electrons. The summed E-state index contributed by atoms with van der Waals surface area (Å²) < 4.78 is 1.86. The summed E-state index contributed by atoms with van der Waals surface area (Å²) in [5, 5.41) is 7.62. The number of hydrogen-bond acceptors (Lipinski definition) is 2. The zero-order chi connectivity index (χ0) is 13.0. The van der Waals surface area contributed by atoms with Crippen molar-refractivity contribution in [1.82, 2.24) is 15.1 Å². The first-order chi connectivity index (χ1) is 8.70. The standard InChI is InChI=1S/C15H21N3/c1-12-6-4-5-7-14(12)15(16-2)9-8-13-10-17-18(3)11-13/h4-7,10-11,15-16H,8-9H2,1-3H3. The van der Waals surface area contributed by atoms with Gasteiger partial charge in [0.2, 0.25) is 0 Å². The molecule has 96 valence electrons. The van der Waals surface area contributed by atoms with Crippen molar-refractivity contribution in [3.05, 3.63) is 53.3 Å². The van der Waals surface area contributed by atoms with Crippen LogP contribution in [0.4, 0.5) is 0 Å². The fourth-order valence-corrected chi connectivity index (χ4v) is 2.35. The Morgan fingerprint density at radius 2 is 2.11 bits per heavy atom. The zero-order valence-corrected chi connectivity index (χ0v) is 11.4. The van der Waals surface area contributed by atoms with Crippen LogP contribution in [0.5, 0.6) is 0 Å². The summed E-state index contributed by atoms with van der Waals surface area (Å²) in [5.41, 5.74) is 4.04. The molecule has 1 N–H and O–H groups in total. The highest BCUT2D eigenvalue weighted by Gasteiger charge is 2.11. The van der Waals surface area contributed by atoms with Crippen molar-refractivity contribution in [2.75, 3.05) is 7.05 Å². The predicted octanol–water partition coefficient (Wildman–Crippen LogP) is 2.62. The third-order valence-corrected chi connectivity index (χ3v) is 3.39. The van der Waals surface area contributed by atoms with Gasteiger partial charge in [0.1, 0.15) is 0 Å². The van der Waals surface area contributed by atoms with Gasteiger partial charge < -0.3 is 5.32 Å². The Kier molecular flexibility index (Phi) is 4.15. The van der Waals surface area contributed by atoms with Gasteiger partial charge in [0.15, 0.2) is 0 Å². The second-order valence-corrected chi connectivity index (χ2v) is 4.76. The van der Waals surface area contributed by atoms with Crippen LogP contribution in [0.1, 0.15) is 29.2 Å². The molecule has 0 fully saturated rings. The van der Waals surface area contributed by atoms with Crippen molar-refractivity contribution in [3.63, 3.8) is 0 Å². The van der Waals surface area contributed by atoms with Crippen LogP contribution in [0.2, 0.25) is 0 Å². The third kappa shape index (κ3) is 2.99. The molecule has 0 amide bonds. The van der Waals surface area contributed by atoms with Gasteiger partial charge in [0.25, 0.3) is 0 Å². The van der Waals surface area contributed by atoms with E-state index in [4.69, 9.17) is 0 Å². The monoisotopic (exact) mass is 243 g/mol. The molecule has 0 saturated carbocycles. The van der Waals surface area contributed by atoms with Crippen molar-refractivity contribution in [3.8, 4) is 0 Å². The van der Waals surface area contributed by atoms with E-state index in [0.29, 0.717) is 6.04 Å². The third-order valence-electron chi connectivity index (χ3n) is 3.39. The van der Waals surface area contributed by atoms with E-state index < -0.39 is 0 Å². The quantitative estimate of drug-likeness (QED) is 0.875. The van der Waals surface area contributed by atoms with Crippen LogP contribution in [0.15, 0.2) is 36.7 Å². The summed E-state index contributed by atoms with van der Waals surface area (Å²) in [5.74, 6) is 0. The summed E-state index contributed by atoms with van der Waals surface area (Å²) in [7, 11) is 3.99. The number of hydrogen-bond donors (Lipinski definition) is 1. The van der Waals surface area contributed by atoms with E-state index in [9.17, 15) is 0 Å². The molecule has 18 heavy (non-hydrogen) atoms. The van der Waals surface area contributed by atoms with Crippen LogP contribution < -0.4 is 5.32 Å². The van der Waals surface area contributed by atoms with Gasteiger partial charge >= 0.3 is 0 Å². The highest BCUT2D eigenvalue weighted by Crippen LogP contribution is 2.21. The Morgan fingerprint density at radius 1 is 1.33 bits per heavy atom. The van der Waals surface area contributed by atoms with Gasteiger partial charge in [-0.15, -0.1) is 0 Å². The largest absolute Gasteiger partial charge is 0.313 e. The lowest BCUT2D eigenvalue weighted by Crippen LogP contribution is -2.18. The summed E-state index contributed by atoms with van der Waals surface area (Å²) >= 11 is 0. The number of benzene rings is 1. The SMILES string of the molecule is CNC(CCc1cnn(C)c1)c1ccccc1C. The summed E-state index contributed by atoms with van der Waals surface area (Å²) in [6.07, 6.45) is 6.18. The lowest BCUT2D eigenvalue weighted by molar-refractivity contribution is 0.546. The molecule has 1 heterocycles. The minimum absolute atomic E-state index is 0.409. The number of aromatic nitrogens is 2. The average molecular weight is 243 g/mol. The Bertz CT molecular complexity index is 502. The topological polar surface area (TPSA) is 29.9 Å². The summed E-state index contributed by atoms with van der Waals surface area (Å²) in [6, 6.07) is 8.99. The highest BCUT2D eigenvalue weighted by molar-refractivity contribution is 5.28. The molecule has 2 rings (SSSR count). The first-order valence-corrected chi connectivity index (χ1v) is 6.41. The Balaban J connectivity index is 2.04. The maximum atomic E-state index is 4.21. The fourth-order valence-electron chi connectivity index (χ4n) is 2.35. The lowest BCUT2D eigenvalue weighted by atomic mass is 9.96. The van der Waals surface area contributed by atoms with Gasteiger partial charge in [0, 0.05) is 19.3 Å². The molecule has 1 aromatic heterocycles. The van der Waals surface area contributed by atoms with E-state index in [-0.39, 0.29) is 0 Å². The van der Waals surface area contributed by atoms with E-state index in [1.54, 1.807) is 0 Å². The first-order valence-electron chi connectivity index (χ1n) is 6.41. The molecular formula is C15H21N3. The molecule has 0 bridgehead atoms. The van der Waals surface area contributed by atoms with Crippen LogP contribution in [-0.4, -0.2) is 16.8 Å². The van der Waals surface area contributed by atoms with Crippen LogP contribution in [0, 0.1) is 6.92 Å². The van der Waals surface area contributed by atoms with Crippen molar-refractivity contribution < 1.29 is 0 Å². The van der Waals surface area contributed by atoms with Crippen LogP contribution >= 0.6 is 0 Å². The molecule has 3 nitrogen and oxygen atoms in total. The summed E-state index contributed by atoms with van der Waals surface area (Å²) in [6.45, 7) is 2.17. The first kappa shape index (κ1) is 12.8. The molecule has 0 saturated heterocycles. The average Bonchev–Trinajstić information content (AvgIpc) is 2.78. The van der Waals surface area contributed by atoms with Crippen LogP contribution in [0.3, 0.4) is 0 Å². The molecule has 2 aromatic rings. The number of nitrogens with zero attached hydrogens (tertiary/aromatic N) is 2. The minimum Gasteiger partial charge on any atom is -0.313 e. The molecule has 1 unspecified atom stereocenters. The molecule has 1 atom stereocenters. The molecule has 0 aliphatic carbocycles. The number of nitrogens with one attached hydrogen (secondary N) is 1. The molecule has 1 aromatic carbocycles. The molecule has 0 aliphatic rings. The van der Waals surface area contributed by atoms with Gasteiger partial charge in [-0.1, -0.05) is 24.3 Å². The second kappa shape index (κ2) is 5.83. The van der Waals surface area contributed by atoms with Crippen LogP contribution in [0.25, 0.3) is 0 Å².